The summed E-state index contributed by atoms with van der Waals surface area (Å²) >= 11 is 5.96. The van der Waals surface area contributed by atoms with Gasteiger partial charge in [-0.3, -0.25) is 9.59 Å². The van der Waals surface area contributed by atoms with Gasteiger partial charge in [0.05, 0.1) is 0 Å². The minimum Gasteiger partial charge on any atom is -0.507 e. The third kappa shape index (κ3) is 2.86. The fourth-order valence-electron chi connectivity index (χ4n) is 4.21. The predicted octanol–water partition coefficient (Wildman–Crippen LogP) is 5.35. The lowest BCUT2D eigenvalue weighted by Crippen LogP contribution is -2.29. The third-order valence-electron chi connectivity index (χ3n) is 5.61. The first-order valence-corrected chi connectivity index (χ1v) is 9.31. The molecule has 0 aromatic heterocycles. The Morgan fingerprint density at radius 3 is 2.00 bits per heavy atom. The van der Waals surface area contributed by atoms with Crippen molar-refractivity contribution < 1.29 is 14.7 Å². The normalized spacial score (nSPS) is 23.1. The van der Waals surface area contributed by atoms with E-state index in [0.717, 1.165) is 30.7 Å². The molecule has 1 N–H and O–H groups in total. The number of hydrogen-bond donors (Lipinski definition) is 1. The number of ketones is 2. The van der Waals surface area contributed by atoms with Gasteiger partial charge in [0.25, 0.3) is 0 Å². The Morgan fingerprint density at radius 1 is 0.769 bits per heavy atom. The number of benzene rings is 2. The molecule has 0 atom stereocenters. The molecule has 0 unspecified atom stereocenters. The van der Waals surface area contributed by atoms with Gasteiger partial charge in [-0.1, -0.05) is 48.0 Å². The zero-order chi connectivity index (χ0) is 18.3. The molecule has 26 heavy (non-hydrogen) atoms. The summed E-state index contributed by atoms with van der Waals surface area (Å²) in [7, 11) is 0. The van der Waals surface area contributed by atoms with Crippen LogP contribution in [0.25, 0.3) is 5.76 Å². The van der Waals surface area contributed by atoms with Crippen LogP contribution in [0.5, 0.6) is 0 Å². The molecule has 132 valence electrons. The number of fused-ring (bicyclic) bond motifs is 1. The minimum atomic E-state index is -0.545. The summed E-state index contributed by atoms with van der Waals surface area (Å²) in [5, 5.41) is 11.4. The summed E-state index contributed by atoms with van der Waals surface area (Å²) in [5.74, 6) is -0.708. The van der Waals surface area contributed by atoms with Gasteiger partial charge < -0.3 is 5.11 Å². The molecule has 0 radical (unpaired) electrons. The van der Waals surface area contributed by atoms with Crippen molar-refractivity contribution in [3.63, 3.8) is 0 Å². The second kappa shape index (κ2) is 6.73. The lowest BCUT2D eigenvalue weighted by Gasteiger charge is -2.31. The van der Waals surface area contributed by atoms with Crippen LogP contribution >= 0.6 is 11.6 Å². The van der Waals surface area contributed by atoms with E-state index in [0.29, 0.717) is 22.6 Å². The van der Waals surface area contributed by atoms with Crippen LogP contribution in [0.4, 0.5) is 0 Å². The van der Waals surface area contributed by atoms with E-state index in [4.69, 9.17) is 11.6 Å². The third-order valence-corrected chi connectivity index (χ3v) is 5.86. The van der Waals surface area contributed by atoms with Gasteiger partial charge in [0, 0.05) is 21.7 Å². The Balaban J connectivity index is 1.58. The van der Waals surface area contributed by atoms with Crippen molar-refractivity contribution in [1.29, 1.82) is 0 Å². The number of rotatable bonds is 2. The van der Waals surface area contributed by atoms with Crippen molar-refractivity contribution >= 4 is 28.9 Å². The Bertz CT molecular complexity index is 903. The average Bonchev–Trinajstić information content (AvgIpc) is 2.68. The van der Waals surface area contributed by atoms with Crippen molar-refractivity contribution in [1.82, 2.24) is 0 Å². The van der Waals surface area contributed by atoms with Crippen LogP contribution in [0.2, 0.25) is 5.02 Å². The van der Waals surface area contributed by atoms with Gasteiger partial charge >= 0.3 is 0 Å². The molecule has 0 amide bonds. The maximum Gasteiger partial charge on any atom is 0.234 e. The van der Waals surface area contributed by atoms with Crippen LogP contribution in [0.1, 0.15) is 53.1 Å². The number of carbonyl (C=O) groups excluding carboxylic acids is 2. The molecule has 2 aromatic rings. The number of aliphatic hydroxyl groups is 1. The lowest BCUT2D eigenvalue weighted by molar-refractivity contribution is -0.112. The molecule has 0 bridgehead atoms. The number of aliphatic hydroxyl groups excluding tert-OH is 1. The molecular weight excluding hydrogens is 354 g/mol. The van der Waals surface area contributed by atoms with Crippen LogP contribution in [-0.4, -0.2) is 16.7 Å². The molecule has 0 saturated heterocycles. The van der Waals surface area contributed by atoms with Crippen LogP contribution in [-0.2, 0) is 4.79 Å². The summed E-state index contributed by atoms with van der Waals surface area (Å²) in [6.45, 7) is 0. The van der Waals surface area contributed by atoms with E-state index in [1.54, 1.807) is 24.3 Å². The smallest absolute Gasteiger partial charge is 0.234 e. The van der Waals surface area contributed by atoms with E-state index in [2.05, 4.69) is 12.1 Å². The van der Waals surface area contributed by atoms with Crippen LogP contribution in [0.3, 0.4) is 0 Å². The Morgan fingerprint density at radius 2 is 1.35 bits per heavy atom. The van der Waals surface area contributed by atoms with Crippen LogP contribution in [0.15, 0.2) is 54.1 Å². The fraction of sp³-hybridized carbons (Fsp3) is 0.273. The first-order chi connectivity index (χ1) is 12.6. The summed E-state index contributed by atoms with van der Waals surface area (Å²) in [5.41, 5.74) is 2.34. The van der Waals surface area contributed by atoms with Gasteiger partial charge in [0.1, 0.15) is 5.76 Å². The van der Waals surface area contributed by atoms with E-state index in [-0.39, 0.29) is 11.7 Å². The first-order valence-electron chi connectivity index (χ1n) is 8.93. The molecule has 4 rings (SSSR count). The van der Waals surface area contributed by atoms with Crippen LogP contribution < -0.4 is 0 Å². The molecule has 0 aliphatic heterocycles. The highest BCUT2D eigenvalue weighted by Crippen LogP contribution is 2.42. The highest BCUT2D eigenvalue weighted by atomic mass is 35.5. The van der Waals surface area contributed by atoms with Gasteiger partial charge in [-0.2, -0.15) is 0 Å². The number of hydrogen-bond acceptors (Lipinski definition) is 3. The second-order valence-electron chi connectivity index (χ2n) is 7.07. The van der Waals surface area contributed by atoms with E-state index in [1.807, 2.05) is 12.1 Å². The fourth-order valence-corrected chi connectivity index (χ4v) is 4.34. The van der Waals surface area contributed by atoms with Crippen molar-refractivity contribution in [3.05, 3.63) is 75.8 Å². The molecule has 2 aliphatic carbocycles. The van der Waals surface area contributed by atoms with Gasteiger partial charge in [-0.25, -0.2) is 0 Å². The molecule has 3 nitrogen and oxygen atoms in total. The topological polar surface area (TPSA) is 54.4 Å². The van der Waals surface area contributed by atoms with E-state index >= 15 is 0 Å². The van der Waals surface area contributed by atoms with E-state index < -0.39 is 11.6 Å². The van der Waals surface area contributed by atoms with Crippen molar-refractivity contribution in [2.75, 3.05) is 0 Å². The maximum atomic E-state index is 12.6. The number of Topliss-reactive ketones (excluding diaryl/α,β-unsaturated/α-hetero) is 2. The van der Waals surface area contributed by atoms with Gasteiger partial charge in [0.2, 0.25) is 11.6 Å². The van der Waals surface area contributed by atoms with Crippen molar-refractivity contribution in [2.24, 2.45) is 5.92 Å². The Hall–Kier alpha value is -2.39. The van der Waals surface area contributed by atoms with Crippen LogP contribution in [0, 0.1) is 5.92 Å². The Kier molecular flexibility index (Phi) is 4.41. The molecule has 0 heterocycles. The zero-order valence-electron chi connectivity index (χ0n) is 14.2. The molecule has 4 heteroatoms. The number of halogens is 1. The second-order valence-corrected chi connectivity index (χ2v) is 7.50. The molecule has 1 fully saturated rings. The molecule has 0 spiro atoms. The summed E-state index contributed by atoms with van der Waals surface area (Å²) in [4.78, 5) is 25.0. The van der Waals surface area contributed by atoms with Gasteiger partial charge in [0.15, 0.2) is 0 Å². The monoisotopic (exact) mass is 372 g/mol. The largest absolute Gasteiger partial charge is 0.507 e. The quantitative estimate of drug-likeness (QED) is 0.723. The molecule has 2 aliphatic rings. The molecular formula is C22H19ClO3. The summed E-state index contributed by atoms with van der Waals surface area (Å²) in [6.07, 6.45) is 3.42. The van der Waals surface area contributed by atoms with E-state index in [9.17, 15) is 14.7 Å². The molecule has 1 saturated carbocycles. The summed E-state index contributed by atoms with van der Waals surface area (Å²) < 4.78 is 0. The van der Waals surface area contributed by atoms with Gasteiger partial charge in [-0.15, -0.1) is 0 Å². The van der Waals surface area contributed by atoms with E-state index in [1.165, 1.54) is 5.56 Å². The first kappa shape index (κ1) is 17.0. The molecule has 2 aromatic carbocycles. The SMILES string of the molecule is O=C1C(=O)[13c]2[13cH][13cH][13cH][13cH][13c]2C(O)=C1C1CCC(c2ccc(Cl)cc2)CC1. The highest BCUT2D eigenvalue weighted by molar-refractivity contribution is 6.52. The maximum absolute atomic E-state index is 12.6. The highest BCUT2D eigenvalue weighted by Gasteiger charge is 2.38. The number of carbonyl (C=O) groups is 2. The van der Waals surface area contributed by atoms with Crippen molar-refractivity contribution in [2.45, 2.75) is 31.6 Å². The van der Waals surface area contributed by atoms with Gasteiger partial charge in [-0.05, 0) is 55.2 Å². The minimum absolute atomic E-state index is 0.0138. The standard InChI is InChI=1S/C22H19ClO3/c23-16-11-9-14(10-12-16)13-5-7-15(8-6-13)19-20(24)17-3-1-2-4-18(17)21(25)22(19)26/h1-4,9-13,15,24H,5-8H2/i1+1,2+1,3+1,4+1,17+1,18+1. The number of allylic oxidation sites excluding steroid dienone is 1. The predicted molar refractivity (Wildman–Crippen MR) is 101 cm³/mol. The Labute approximate surface area is 157 Å². The van der Waals surface area contributed by atoms with Crippen molar-refractivity contribution in [3.8, 4) is 0 Å². The lowest BCUT2D eigenvalue weighted by atomic mass is 9.74. The average molecular weight is 373 g/mol. The zero-order valence-corrected chi connectivity index (χ0v) is 15.0. The summed E-state index contributed by atoms with van der Waals surface area (Å²) in [6, 6.07) is 14.7.